The first kappa shape index (κ1) is 23.0. The quantitative estimate of drug-likeness (QED) is 0.359. The second kappa shape index (κ2) is 9.63. The molecule has 1 saturated carbocycles. The lowest BCUT2D eigenvalue weighted by Gasteiger charge is -2.27. The van der Waals surface area contributed by atoms with Crippen LogP contribution in [0.4, 0.5) is 0 Å². The van der Waals surface area contributed by atoms with Crippen molar-refractivity contribution in [1.29, 1.82) is 0 Å². The number of imidazole rings is 1. The first-order chi connectivity index (χ1) is 18.3. The Labute approximate surface area is 221 Å². The van der Waals surface area contributed by atoms with Crippen LogP contribution in [-0.2, 0) is 6.42 Å². The zero-order valence-corrected chi connectivity index (χ0v) is 22.2. The molecule has 0 amide bonds. The van der Waals surface area contributed by atoms with Crippen LogP contribution in [0.15, 0.2) is 66.5 Å². The summed E-state index contributed by atoms with van der Waals surface area (Å²) in [6.45, 7) is 2.31. The first-order valence-corrected chi connectivity index (χ1v) is 14.7. The van der Waals surface area contributed by atoms with E-state index in [1.54, 1.807) is 11.1 Å². The molecule has 2 heteroatoms. The van der Waals surface area contributed by atoms with Gasteiger partial charge in [0.25, 0.3) is 0 Å². The molecule has 37 heavy (non-hydrogen) atoms. The minimum atomic E-state index is 0.626. The third kappa shape index (κ3) is 4.15. The van der Waals surface area contributed by atoms with Crippen molar-refractivity contribution >= 4 is 11.1 Å². The van der Waals surface area contributed by atoms with E-state index >= 15 is 0 Å². The second-order valence-electron chi connectivity index (χ2n) is 11.7. The van der Waals surface area contributed by atoms with Gasteiger partial charge in [-0.05, 0) is 128 Å². The van der Waals surface area contributed by atoms with Crippen LogP contribution in [0.5, 0.6) is 0 Å². The van der Waals surface area contributed by atoms with Gasteiger partial charge < -0.3 is 0 Å². The van der Waals surface area contributed by atoms with E-state index in [9.17, 15) is 0 Å². The summed E-state index contributed by atoms with van der Waals surface area (Å²) in [6, 6.07) is 12.1. The molecule has 1 aromatic heterocycles. The third-order valence-electron chi connectivity index (χ3n) is 9.26. The largest absolute Gasteiger partial charge is 0.299 e. The summed E-state index contributed by atoms with van der Waals surface area (Å²) in [4.78, 5) is 4.96. The van der Waals surface area contributed by atoms with Crippen molar-refractivity contribution in [2.45, 2.75) is 89.9 Å². The van der Waals surface area contributed by atoms with Crippen LogP contribution in [0.3, 0.4) is 0 Å². The smallest absolute Gasteiger partial charge is 0.144 e. The van der Waals surface area contributed by atoms with Crippen molar-refractivity contribution in [3.63, 3.8) is 0 Å². The predicted molar refractivity (Wildman–Crippen MR) is 155 cm³/mol. The van der Waals surface area contributed by atoms with E-state index in [4.69, 9.17) is 4.98 Å². The molecule has 188 valence electrons. The molecule has 1 fully saturated rings. The lowest BCUT2D eigenvalue weighted by molar-refractivity contribution is 0.442. The van der Waals surface area contributed by atoms with Gasteiger partial charge in [0.15, 0.2) is 0 Å². The van der Waals surface area contributed by atoms with E-state index in [0.29, 0.717) is 5.92 Å². The Kier molecular flexibility index (Phi) is 5.99. The molecule has 1 heterocycles. The number of nitrogens with zero attached hydrogens (tertiary/aromatic N) is 2. The van der Waals surface area contributed by atoms with E-state index in [2.05, 4.69) is 66.2 Å². The van der Waals surface area contributed by atoms with Crippen molar-refractivity contribution in [3.05, 3.63) is 94.3 Å². The fraction of sp³-hybridized carbons (Fsp3) is 0.400. The number of aromatic nitrogens is 2. The Morgan fingerprint density at radius 2 is 1.78 bits per heavy atom. The summed E-state index contributed by atoms with van der Waals surface area (Å²) in [5.74, 6) is 1.71. The minimum Gasteiger partial charge on any atom is -0.299 e. The summed E-state index contributed by atoms with van der Waals surface area (Å²) in [5.41, 5.74) is 14.6. The van der Waals surface area contributed by atoms with Crippen molar-refractivity contribution in [2.75, 3.05) is 0 Å². The van der Waals surface area contributed by atoms with Crippen LogP contribution < -0.4 is 0 Å². The van der Waals surface area contributed by atoms with Crippen LogP contribution in [0, 0.1) is 6.92 Å². The molecule has 0 atom stereocenters. The van der Waals surface area contributed by atoms with Gasteiger partial charge in [-0.25, -0.2) is 4.98 Å². The fourth-order valence-electron chi connectivity index (χ4n) is 7.42. The maximum Gasteiger partial charge on any atom is 0.144 e. The molecule has 0 saturated heterocycles. The van der Waals surface area contributed by atoms with Crippen LogP contribution in [0.25, 0.3) is 28.2 Å². The molecular weight excluding hydrogens is 448 g/mol. The van der Waals surface area contributed by atoms with E-state index in [1.165, 1.54) is 102 Å². The lowest BCUT2D eigenvalue weighted by atomic mass is 9.81. The fourth-order valence-corrected chi connectivity index (χ4v) is 7.42. The van der Waals surface area contributed by atoms with Gasteiger partial charge in [0, 0.05) is 18.0 Å². The lowest BCUT2D eigenvalue weighted by Crippen LogP contribution is -2.12. The molecule has 2 nitrogen and oxygen atoms in total. The molecule has 4 aliphatic carbocycles. The summed E-state index contributed by atoms with van der Waals surface area (Å²) in [5, 5.41) is 0. The van der Waals surface area contributed by atoms with Crippen molar-refractivity contribution < 1.29 is 0 Å². The average molecular weight is 487 g/mol. The Bertz CT molecular complexity index is 1440. The highest BCUT2D eigenvalue weighted by Crippen LogP contribution is 2.44. The van der Waals surface area contributed by atoms with E-state index < -0.39 is 0 Å². The van der Waals surface area contributed by atoms with Crippen LogP contribution in [0.2, 0.25) is 0 Å². The van der Waals surface area contributed by atoms with Crippen LogP contribution >= 0.6 is 0 Å². The van der Waals surface area contributed by atoms with Gasteiger partial charge in [-0.3, -0.25) is 4.57 Å². The minimum absolute atomic E-state index is 0.626. The van der Waals surface area contributed by atoms with Crippen molar-refractivity contribution in [2.24, 2.45) is 0 Å². The maximum absolute atomic E-state index is 4.96. The molecule has 0 aliphatic heterocycles. The van der Waals surface area contributed by atoms with E-state index in [-0.39, 0.29) is 0 Å². The number of rotatable bonds is 4. The van der Waals surface area contributed by atoms with Gasteiger partial charge in [-0.2, -0.15) is 0 Å². The topological polar surface area (TPSA) is 17.8 Å². The molecule has 0 bridgehead atoms. The average Bonchev–Trinajstić information content (AvgIpc) is 3.58. The molecule has 0 radical (unpaired) electrons. The highest BCUT2D eigenvalue weighted by molar-refractivity contribution is 5.81. The van der Waals surface area contributed by atoms with Crippen molar-refractivity contribution in [3.8, 4) is 17.1 Å². The van der Waals surface area contributed by atoms with Gasteiger partial charge in [-0.1, -0.05) is 55.2 Å². The SMILES string of the molecule is Cc1cc(C2=CCCC=C2)cc(C2CCCCC2)c1-n1ccnc1-c1ccc2c(c1)C1=C(CCCC1)C2. The first-order valence-electron chi connectivity index (χ1n) is 14.7. The van der Waals surface area contributed by atoms with Gasteiger partial charge in [0.05, 0.1) is 5.69 Å². The monoisotopic (exact) mass is 486 g/mol. The third-order valence-corrected chi connectivity index (χ3v) is 9.26. The number of aryl methyl sites for hydroxylation is 1. The zero-order chi connectivity index (χ0) is 24.8. The highest BCUT2D eigenvalue weighted by Gasteiger charge is 2.26. The number of fused-ring (bicyclic) bond motifs is 2. The molecule has 0 unspecified atom stereocenters. The maximum atomic E-state index is 4.96. The van der Waals surface area contributed by atoms with Gasteiger partial charge in [-0.15, -0.1) is 0 Å². The number of hydrogen-bond donors (Lipinski definition) is 0. The van der Waals surface area contributed by atoms with Crippen LogP contribution in [0.1, 0.15) is 104 Å². The molecule has 3 aromatic rings. The number of hydrogen-bond acceptors (Lipinski definition) is 1. The predicted octanol–water partition coefficient (Wildman–Crippen LogP) is 9.51. The zero-order valence-electron chi connectivity index (χ0n) is 22.2. The molecule has 7 rings (SSSR count). The summed E-state index contributed by atoms with van der Waals surface area (Å²) in [7, 11) is 0. The Hall–Kier alpha value is -3.13. The summed E-state index contributed by atoms with van der Waals surface area (Å²) in [6.07, 6.45) is 26.6. The Morgan fingerprint density at radius 3 is 2.65 bits per heavy atom. The summed E-state index contributed by atoms with van der Waals surface area (Å²) >= 11 is 0. The Morgan fingerprint density at radius 1 is 0.892 bits per heavy atom. The standard InChI is InChI=1S/C35H38N2/c1-24-20-30(25-10-4-2-5-11-25)23-33(26-12-6-3-7-13-26)34(24)37-19-18-36-35(37)29-17-16-28-21-27-14-8-9-15-31(27)32(28)22-29/h4,10-11,16-20,22-23,26H,2-3,5-9,12-15,21H2,1H3. The van der Waals surface area contributed by atoms with Crippen LogP contribution in [-0.4, -0.2) is 9.55 Å². The molecule has 4 aliphatic rings. The molecular formula is C35H38N2. The van der Waals surface area contributed by atoms with Gasteiger partial charge in [0.2, 0.25) is 0 Å². The highest BCUT2D eigenvalue weighted by atomic mass is 15.1. The van der Waals surface area contributed by atoms with E-state index in [1.807, 2.05) is 6.20 Å². The molecule has 0 spiro atoms. The van der Waals surface area contributed by atoms with E-state index in [0.717, 1.165) is 25.1 Å². The van der Waals surface area contributed by atoms with Gasteiger partial charge >= 0.3 is 0 Å². The number of allylic oxidation sites excluding steroid dienone is 6. The second-order valence-corrected chi connectivity index (χ2v) is 11.7. The number of benzene rings is 2. The van der Waals surface area contributed by atoms with Crippen molar-refractivity contribution in [1.82, 2.24) is 9.55 Å². The Balaban J connectivity index is 1.35. The summed E-state index contributed by atoms with van der Waals surface area (Å²) < 4.78 is 2.40. The molecule has 2 aromatic carbocycles. The molecule has 0 N–H and O–H groups in total. The normalized spacial score (nSPS) is 19.6. The van der Waals surface area contributed by atoms with Gasteiger partial charge in [0.1, 0.15) is 5.82 Å².